The van der Waals surface area contributed by atoms with Gasteiger partial charge in [0, 0.05) is 17.1 Å². The smallest absolute Gasteiger partial charge is 0.321 e. The van der Waals surface area contributed by atoms with Crippen molar-refractivity contribution in [1.82, 2.24) is 4.90 Å². The summed E-state index contributed by atoms with van der Waals surface area (Å²) in [6.45, 7) is 0. The molecule has 1 saturated heterocycles. The van der Waals surface area contributed by atoms with Gasteiger partial charge < -0.3 is 5.11 Å². The Morgan fingerprint density at radius 2 is 2.10 bits per heavy atom. The van der Waals surface area contributed by atoms with Crippen LogP contribution < -0.4 is 0 Å². The lowest BCUT2D eigenvalue weighted by Crippen LogP contribution is -2.42. The van der Waals surface area contributed by atoms with Gasteiger partial charge in [-0.05, 0) is 7.05 Å². The van der Waals surface area contributed by atoms with Crippen LogP contribution in [0.4, 0.5) is 0 Å². The molecule has 2 aliphatic rings. The number of carboxylic acids is 1. The average Bonchev–Trinajstić information content (AvgIpc) is 3.06. The maximum atomic E-state index is 11.2. The molecule has 2 aliphatic heterocycles. The van der Waals surface area contributed by atoms with Crippen molar-refractivity contribution in [3.8, 4) is 0 Å². The summed E-state index contributed by atoms with van der Waals surface area (Å²) in [5.41, 5.74) is 1.15. The number of carbonyl (C=O) groups is 1. The second kappa shape index (κ2) is 5.79. The third-order valence-electron chi connectivity index (χ3n) is 3.63. The van der Waals surface area contributed by atoms with Gasteiger partial charge in [-0.15, -0.1) is 23.5 Å². The summed E-state index contributed by atoms with van der Waals surface area (Å²) >= 11 is 3.47. The van der Waals surface area contributed by atoms with Crippen molar-refractivity contribution in [2.75, 3.05) is 18.6 Å². The van der Waals surface area contributed by atoms with Crippen LogP contribution in [0, 0.1) is 0 Å². The van der Waals surface area contributed by atoms with Crippen LogP contribution in [0.15, 0.2) is 35.3 Å². The Hall–Kier alpha value is -0.980. The first-order valence-corrected chi connectivity index (χ1v) is 8.52. The lowest BCUT2D eigenvalue weighted by Gasteiger charge is -2.24. The van der Waals surface area contributed by atoms with Crippen molar-refractivity contribution < 1.29 is 9.90 Å². The van der Waals surface area contributed by atoms with Crippen LogP contribution in [0.25, 0.3) is 0 Å². The molecule has 0 unspecified atom stereocenters. The molecule has 1 aromatic rings. The number of hydrogen-bond donors (Lipinski definition) is 1. The molecule has 2 heterocycles. The number of nitrogens with zero attached hydrogens (tertiary/aromatic N) is 2. The molecule has 0 aliphatic carbocycles. The van der Waals surface area contributed by atoms with E-state index in [4.69, 9.17) is 4.99 Å². The van der Waals surface area contributed by atoms with E-state index in [1.165, 1.54) is 0 Å². The number of benzene rings is 1. The molecule has 1 N–H and O–H groups in total. The number of carboxylic acid groups (broad SMARTS) is 1. The van der Waals surface area contributed by atoms with Gasteiger partial charge in [0.05, 0.1) is 16.5 Å². The van der Waals surface area contributed by atoms with Gasteiger partial charge in [0.25, 0.3) is 0 Å². The van der Waals surface area contributed by atoms with E-state index in [1.54, 1.807) is 23.5 Å². The zero-order chi connectivity index (χ0) is 14.1. The Kier molecular flexibility index (Phi) is 4.05. The van der Waals surface area contributed by atoms with E-state index in [9.17, 15) is 9.90 Å². The predicted octanol–water partition coefficient (Wildman–Crippen LogP) is 2.01. The second-order valence-electron chi connectivity index (χ2n) is 4.92. The first-order valence-electron chi connectivity index (χ1n) is 6.49. The fourth-order valence-electron chi connectivity index (χ4n) is 2.50. The highest BCUT2D eigenvalue weighted by atomic mass is 32.2. The topological polar surface area (TPSA) is 52.9 Å². The number of likely N-dealkylation sites (N-methyl/N-ethyl adjacent to an activating group) is 1. The zero-order valence-corrected chi connectivity index (χ0v) is 12.7. The standard InChI is InChI=1S/C14H16N2O2S2/c1-16-11(14(17)18)8-20-13(16)10-7-19-12(15-10)9-5-3-2-4-6-9/h2-6,10-11,13H,7-8H2,1H3,(H,17,18)/t10-,11-,13+/m1/s1. The Labute approximate surface area is 126 Å². The van der Waals surface area contributed by atoms with Crippen LogP contribution in [0.1, 0.15) is 5.56 Å². The van der Waals surface area contributed by atoms with Crippen molar-refractivity contribution in [2.45, 2.75) is 17.5 Å². The fourth-order valence-corrected chi connectivity index (χ4v) is 5.24. The summed E-state index contributed by atoms with van der Waals surface area (Å²) in [6, 6.07) is 9.96. The fraction of sp³-hybridized carbons (Fsp3) is 0.429. The van der Waals surface area contributed by atoms with Crippen LogP contribution in [0.2, 0.25) is 0 Å². The zero-order valence-electron chi connectivity index (χ0n) is 11.1. The average molecular weight is 308 g/mol. The molecule has 0 saturated carbocycles. The maximum absolute atomic E-state index is 11.2. The molecule has 6 heteroatoms. The molecular formula is C14H16N2O2S2. The van der Waals surface area contributed by atoms with Crippen LogP contribution in [0.3, 0.4) is 0 Å². The van der Waals surface area contributed by atoms with Gasteiger partial charge >= 0.3 is 5.97 Å². The maximum Gasteiger partial charge on any atom is 0.321 e. The van der Waals surface area contributed by atoms with Gasteiger partial charge in [-0.2, -0.15) is 0 Å². The second-order valence-corrected chi connectivity index (χ2v) is 7.08. The molecule has 3 atom stereocenters. The van der Waals surface area contributed by atoms with E-state index in [2.05, 4.69) is 12.1 Å². The van der Waals surface area contributed by atoms with E-state index in [0.717, 1.165) is 16.4 Å². The SMILES string of the molecule is CN1[C@@H](C(=O)O)CS[C@H]1[C@H]1CSC(c2ccccc2)=N1. The largest absolute Gasteiger partial charge is 0.480 e. The third kappa shape index (κ3) is 2.60. The van der Waals surface area contributed by atoms with E-state index in [0.29, 0.717) is 5.75 Å². The quantitative estimate of drug-likeness (QED) is 0.926. The van der Waals surface area contributed by atoms with Crippen molar-refractivity contribution >= 4 is 34.5 Å². The molecule has 20 heavy (non-hydrogen) atoms. The molecule has 0 aromatic heterocycles. The summed E-state index contributed by atoms with van der Waals surface area (Å²) in [4.78, 5) is 17.9. The normalized spacial score (nSPS) is 30.4. The monoisotopic (exact) mass is 308 g/mol. The van der Waals surface area contributed by atoms with E-state index in [-0.39, 0.29) is 17.5 Å². The number of aliphatic carboxylic acids is 1. The minimum absolute atomic E-state index is 0.171. The Morgan fingerprint density at radius 1 is 1.35 bits per heavy atom. The summed E-state index contributed by atoms with van der Waals surface area (Å²) in [7, 11) is 1.89. The molecule has 0 amide bonds. The molecular weight excluding hydrogens is 292 g/mol. The van der Waals surface area contributed by atoms with E-state index in [1.807, 2.05) is 30.1 Å². The highest BCUT2D eigenvalue weighted by molar-refractivity contribution is 8.14. The molecule has 106 valence electrons. The highest BCUT2D eigenvalue weighted by Crippen LogP contribution is 2.36. The molecule has 1 aromatic carbocycles. The number of thioether (sulfide) groups is 2. The van der Waals surface area contributed by atoms with Crippen molar-refractivity contribution in [3.63, 3.8) is 0 Å². The molecule has 0 radical (unpaired) electrons. The van der Waals surface area contributed by atoms with Crippen LogP contribution in [0.5, 0.6) is 0 Å². The van der Waals surface area contributed by atoms with E-state index < -0.39 is 5.97 Å². The molecule has 4 nitrogen and oxygen atoms in total. The summed E-state index contributed by atoms with van der Waals surface area (Å²) < 4.78 is 0. The van der Waals surface area contributed by atoms with Crippen molar-refractivity contribution in [1.29, 1.82) is 0 Å². The first-order chi connectivity index (χ1) is 9.66. The molecule has 1 fully saturated rings. The summed E-state index contributed by atoms with van der Waals surface area (Å²) in [5.74, 6) is 0.840. The highest BCUT2D eigenvalue weighted by Gasteiger charge is 2.41. The predicted molar refractivity (Wildman–Crippen MR) is 84.7 cm³/mol. The Morgan fingerprint density at radius 3 is 2.75 bits per heavy atom. The lowest BCUT2D eigenvalue weighted by molar-refractivity contribution is -0.141. The van der Waals surface area contributed by atoms with Gasteiger partial charge in [0.1, 0.15) is 6.04 Å². The van der Waals surface area contributed by atoms with Crippen LogP contribution in [-0.4, -0.2) is 57.0 Å². The van der Waals surface area contributed by atoms with Crippen molar-refractivity contribution in [2.24, 2.45) is 4.99 Å². The minimum atomic E-state index is -0.736. The number of aliphatic imine (C=N–C) groups is 1. The molecule has 0 bridgehead atoms. The van der Waals surface area contributed by atoms with Gasteiger partial charge in [0.2, 0.25) is 0 Å². The first kappa shape index (κ1) is 14.0. The van der Waals surface area contributed by atoms with E-state index >= 15 is 0 Å². The Bertz CT molecular complexity index is 535. The lowest BCUT2D eigenvalue weighted by atomic mass is 10.2. The van der Waals surface area contributed by atoms with Gasteiger partial charge in [-0.1, -0.05) is 30.3 Å². The van der Waals surface area contributed by atoms with Gasteiger partial charge in [0.15, 0.2) is 0 Å². The molecule has 0 spiro atoms. The van der Waals surface area contributed by atoms with Crippen LogP contribution >= 0.6 is 23.5 Å². The van der Waals surface area contributed by atoms with Gasteiger partial charge in [-0.25, -0.2) is 0 Å². The van der Waals surface area contributed by atoms with Crippen molar-refractivity contribution in [3.05, 3.63) is 35.9 Å². The van der Waals surface area contributed by atoms with Gasteiger partial charge in [-0.3, -0.25) is 14.7 Å². The Balaban J connectivity index is 1.74. The minimum Gasteiger partial charge on any atom is -0.480 e. The summed E-state index contributed by atoms with van der Waals surface area (Å²) in [6.07, 6.45) is 0. The number of rotatable bonds is 3. The summed E-state index contributed by atoms with van der Waals surface area (Å²) in [5, 5.41) is 10.4. The molecule has 3 rings (SSSR count). The number of hydrogen-bond acceptors (Lipinski definition) is 5. The third-order valence-corrected chi connectivity index (χ3v) is 6.25. The van der Waals surface area contributed by atoms with Crippen LogP contribution in [-0.2, 0) is 4.79 Å².